The van der Waals surface area contributed by atoms with Crippen molar-refractivity contribution in [3.8, 4) is 22.8 Å². The smallest absolute Gasteiger partial charge is 0.258 e. The largest absolute Gasteiger partial charge is 0.436 e. The minimum Gasteiger partial charge on any atom is -0.436 e. The number of rotatable bonds is 10. The van der Waals surface area contributed by atoms with Crippen LogP contribution in [0.1, 0.15) is 49.3 Å². The Bertz CT molecular complexity index is 1930. The van der Waals surface area contributed by atoms with Crippen LogP contribution in [0.4, 0.5) is 11.4 Å². The van der Waals surface area contributed by atoms with Crippen LogP contribution >= 0.6 is 0 Å². The Balaban J connectivity index is 0.938. The van der Waals surface area contributed by atoms with E-state index in [0.717, 1.165) is 5.56 Å². The molecule has 5 heterocycles. The van der Waals surface area contributed by atoms with Crippen molar-refractivity contribution in [1.82, 2.24) is 24.8 Å². The van der Waals surface area contributed by atoms with Crippen LogP contribution in [0.5, 0.6) is 0 Å². The zero-order chi connectivity index (χ0) is 36.9. The fourth-order valence-electron chi connectivity index (χ4n) is 6.65. The van der Waals surface area contributed by atoms with E-state index in [1.165, 1.54) is 22.2 Å². The molecule has 4 N–H and O–H groups in total. The standard InChI is InChI=1S/C39H37N7O7/c47-33(28-7-1-3-19-40-28)38(51)45-21-5-9-30(45)35(49)43-26-15-11-24(12-16-26)32-23-42-37(53-32)25-13-17-27(18-14-25)44-36(50)31-10-6-22-46(31)39(52)34(48)29-8-2-4-20-41-29/h1-4,7-8,11-20,23,30-31,33-34,47-48H,5-6,9-10,21-22H2,(H,43,49)(H,44,50)/t30?,31-,33?,34-/m0/s1. The van der Waals surface area contributed by atoms with Crippen LogP contribution < -0.4 is 10.6 Å². The third-order valence-electron chi connectivity index (χ3n) is 9.42. The molecule has 2 fully saturated rings. The number of aromatic nitrogens is 3. The Hall–Kier alpha value is -6.25. The van der Waals surface area contributed by atoms with Crippen LogP contribution in [-0.4, -0.2) is 83.8 Å². The number of nitrogens with one attached hydrogen (secondary N) is 2. The van der Waals surface area contributed by atoms with Gasteiger partial charge in [0.05, 0.1) is 17.6 Å². The molecule has 0 aliphatic carbocycles. The summed E-state index contributed by atoms with van der Waals surface area (Å²) in [4.78, 5) is 67.8. The number of carbonyl (C=O) groups is 4. The third kappa shape index (κ3) is 7.68. The fourth-order valence-corrected chi connectivity index (χ4v) is 6.65. The molecule has 53 heavy (non-hydrogen) atoms. The average molecular weight is 716 g/mol. The van der Waals surface area contributed by atoms with Gasteiger partial charge in [0, 0.05) is 48.0 Å². The number of oxazole rings is 1. The molecule has 0 spiro atoms. The summed E-state index contributed by atoms with van der Waals surface area (Å²) in [6.07, 6.45) is 3.96. The Morgan fingerprint density at radius 2 is 1.11 bits per heavy atom. The number of amides is 4. The molecule has 0 bridgehead atoms. The van der Waals surface area contributed by atoms with Gasteiger partial charge in [-0.3, -0.25) is 29.1 Å². The van der Waals surface area contributed by atoms with Crippen LogP contribution in [-0.2, 0) is 19.2 Å². The number of carbonyl (C=O) groups excluding carboxylic acids is 4. The number of pyridine rings is 2. The first-order valence-electron chi connectivity index (χ1n) is 17.3. The molecular formula is C39H37N7O7. The summed E-state index contributed by atoms with van der Waals surface area (Å²) < 4.78 is 6.03. The first-order chi connectivity index (χ1) is 25.8. The van der Waals surface area contributed by atoms with E-state index in [4.69, 9.17) is 4.42 Å². The van der Waals surface area contributed by atoms with Crippen molar-refractivity contribution in [3.63, 3.8) is 0 Å². The molecule has 0 saturated carbocycles. The van der Waals surface area contributed by atoms with Crippen LogP contribution in [0, 0.1) is 0 Å². The normalized spacial score (nSPS) is 18.0. The quantitative estimate of drug-likeness (QED) is 0.164. The molecule has 3 aromatic heterocycles. The summed E-state index contributed by atoms with van der Waals surface area (Å²) in [6.45, 7) is 0.733. The van der Waals surface area contributed by atoms with Gasteiger partial charge in [0.1, 0.15) is 12.1 Å². The summed E-state index contributed by atoms with van der Waals surface area (Å²) in [7, 11) is 0. The zero-order valence-corrected chi connectivity index (χ0v) is 28.5. The number of likely N-dealkylation sites (tertiary alicyclic amines) is 2. The summed E-state index contributed by atoms with van der Waals surface area (Å²) >= 11 is 0. The number of aliphatic hydroxyl groups is 2. The van der Waals surface area contributed by atoms with Gasteiger partial charge >= 0.3 is 0 Å². The lowest BCUT2D eigenvalue weighted by Crippen LogP contribution is -2.45. The number of benzene rings is 2. The molecule has 14 heteroatoms. The third-order valence-corrected chi connectivity index (χ3v) is 9.42. The topological polar surface area (TPSA) is 191 Å². The van der Waals surface area contributed by atoms with E-state index in [1.54, 1.807) is 91.1 Å². The summed E-state index contributed by atoms with van der Waals surface area (Å²) in [5.41, 5.74) is 2.94. The van der Waals surface area contributed by atoms with Gasteiger partial charge in [-0.1, -0.05) is 12.1 Å². The number of hydrogen-bond acceptors (Lipinski definition) is 10. The Morgan fingerprint density at radius 3 is 1.57 bits per heavy atom. The van der Waals surface area contributed by atoms with Gasteiger partial charge < -0.3 is 35.1 Å². The van der Waals surface area contributed by atoms with E-state index in [9.17, 15) is 29.4 Å². The zero-order valence-electron chi connectivity index (χ0n) is 28.5. The van der Waals surface area contributed by atoms with Crippen LogP contribution in [0.2, 0.25) is 0 Å². The predicted octanol–water partition coefficient (Wildman–Crippen LogP) is 4.12. The SMILES string of the molecule is O=C(Nc1ccc(-c2cnc(-c3ccc(NC(=O)[C@@H]4CCCN4C(=O)[C@@H](O)c4ccccn4)cc3)o2)cc1)C1CCCN1C(=O)C(O)c1ccccn1. The van der Waals surface area contributed by atoms with Crippen molar-refractivity contribution in [2.45, 2.75) is 50.0 Å². The van der Waals surface area contributed by atoms with Crippen molar-refractivity contribution in [2.75, 3.05) is 23.7 Å². The second kappa shape index (κ2) is 15.6. The molecule has 4 atom stereocenters. The monoisotopic (exact) mass is 715 g/mol. The number of hydrogen-bond donors (Lipinski definition) is 4. The van der Waals surface area contributed by atoms with E-state index >= 15 is 0 Å². The first kappa shape index (κ1) is 35.2. The highest BCUT2D eigenvalue weighted by atomic mass is 16.4. The highest BCUT2D eigenvalue weighted by Crippen LogP contribution is 2.30. The van der Waals surface area contributed by atoms with Crippen molar-refractivity contribution in [3.05, 3.63) is 115 Å². The molecule has 270 valence electrons. The Labute approximate surface area is 304 Å². The van der Waals surface area contributed by atoms with E-state index in [0.29, 0.717) is 67.4 Å². The molecule has 7 rings (SSSR count). The van der Waals surface area contributed by atoms with E-state index in [1.807, 2.05) is 0 Å². The minimum atomic E-state index is -1.44. The maximum atomic E-state index is 13.2. The lowest BCUT2D eigenvalue weighted by Gasteiger charge is -2.26. The van der Waals surface area contributed by atoms with E-state index in [-0.39, 0.29) is 23.2 Å². The molecule has 14 nitrogen and oxygen atoms in total. The Morgan fingerprint density at radius 1 is 0.642 bits per heavy atom. The van der Waals surface area contributed by atoms with Crippen LogP contribution in [0.3, 0.4) is 0 Å². The minimum absolute atomic E-state index is 0.233. The molecule has 5 aromatic rings. The molecule has 2 aliphatic rings. The number of aliphatic hydroxyl groups excluding tert-OH is 2. The van der Waals surface area contributed by atoms with Crippen molar-refractivity contribution < 1.29 is 33.8 Å². The van der Waals surface area contributed by atoms with Gasteiger partial charge in [-0.15, -0.1) is 0 Å². The maximum Gasteiger partial charge on any atom is 0.258 e. The second-order valence-corrected chi connectivity index (χ2v) is 12.9. The highest BCUT2D eigenvalue weighted by molar-refractivity contribution is 5.99. The van der Waals surface area contributed by atoms with Crippen LogP contribution in [0.15, 0.2) is 108 Å². The van der Waals surface area contributed by atoms with Gasteiger partial charge in [0.15, 0.2) is 18.0 Å². The fraction of sp³-hybridized carbons (Fsp3) is 0.256. The summed E-state index contributed by atoms with van der Waals surface area (Å²) in [5, 5.41) is 26.9. The lowest BCUT2D eigenvalue weighted by atomic mass is 10.1. The van der Waals surface area contributed by atoms with Gasteiger partial charge in [0.25, 0.3) is 11.8 Å². The first-order valence-corrected chi connectivity index (χ1v) is 17.3. The van der Waals surface area contributed by atoms with E-state index < -0.39 is 36.1 Å². The van der Waals surface area contributed by atoms with Crippen molar-refractivity contribution in [2.24, 2.45) is 0 Å². The van der Waals surface area contributed by atoms with E-state index in [2.05, 4.69) is 25.6 Å². The molecule has 2 aliphatic heterocycles. The highest BCUT2D eigenvalue weighted by Gasteiger charge is 2.38. The lowest BCUT2D eigenvalue weighted by molar-refractivity contribution is -0.144. The second-order valence-electron chi connectivity index (χ2n) is 12.9. The van der Waals surface area contributed by atoms with Crippen LogP contribution in [0.25, 0.3) is 22.8 Å². The van der Waals surface area contributed by atoms with Gasteiger partial charge in [-0.05, 0) is 98.5 Å². The molecule has 2 unspecified atom stereocenters. The molecule has 2 aromatic carbocycles. The average Bonchev–Trinajstić information content (AvgIpc) is 4.00. The predicted molar refractivity (Wildman–Crippen MR) is 192 cm³/mol. The van der Waals surface area contributed by atoms with Gasteiger partial charge in [-0.25, -0.2) is 4.98 Å². The van der Waals surface area contributed by atoms with Crippen molar-refractivity contribution >= 4 is 35.0 Å². The summed E-state index contributed by atoms with van der Waals surface area (Å²) in [5.74, 6) is -0.926. The summed E-state index contributed by atoms with van der Waals surface area (Å²) in [6, 6.07) is 22.5. The number of anilines is 2. The number of nitrogens with zero attached hydrogens (tertiary/aromatic N) is 5. The molecule has 0 radical (unpaired) electrons. The van der Waals surface area contributed by atoms with Crippen molar-refractivity contribution in [1.29, 1.82) is 0 Å². The van der Waals surface area contributed by atoms with Gasteiger partial charge in [0.2, 0.25) is 17.7 Å². The molecule has 4 amide bonds. The Kier molecular flexibility index (Phi) is 10.3. The molecular weight excluding hydrogens is 678 g/mol. The maximum absolute atomic E-state index is 13.2. The molecule has 2 saturated heterocycles. The van der Waals surface area contributed by atoms with Gasteiger partial charge in [-0.2, -0.15) is 0 Å².